The molecule has 0 spiro atoms. The largest absolute Gasteiger partial charge is 0.322 e. The minimum Gasteiger partial charge on any atom is -0.322 e. The lowest BCUT2D eigenvalue weighted by Gasteiger charge is -2.35. The van der Waals surface area contributed by atoms with Crippen LogP contribution in [0.1, 0.15) is 25.7 Å². The van der Waals surface area contributed by atoms with Crippen LogP contribution in [-0.4, -0.2) is 37.1 Å². The molecule has 0 aromatic heterocycles. The Bertz CT molecular complexity index is 476. The summed E-state index contributed by atoms with van der Waals surface area (Å²) in [6.07, 6.45) is 4.27. The van der Waals surface area contributed by atoms with Crippen LogP contribution in [0.15, 0.2) is 18.2 Å². The molecule has 4 nitrogen and oxygen atoms in total. The Morgan fingerprint density at radius 3 is 2.67 bits per heavy atom. The van der Waals surface area contributed by atoms with Gasteiger partial charge in [-0.3, -0.25) is 0 Å². The standard InChI is InChI=1S/C15H21Cl2N3O/c1-18-6-5-14-4-2-3-7-20(14)15(21)19-13-9-11(16)8-12(17)10-13/h8-10,14,18H,2-7H2,1H3,(H,19,21). The van der Waals surface area contributed by atoms with Crippen molar-refractivity contribution in [2.24, 2.45) is 0 Å². The summed E-state index contributed by atoms with van der Waals surface area (Å²) in [6, 6.07) is 5.28. The van der Waals surface area contributed by atoms with E-state index in [1.54, 1.807) is 18.2 Å². The molecule has 1 saturated heterocycles. The van der Waals surface area contributed by atoms with E-state index in [1.807, 2.05) is 11.9 Å². The maximum atomic E-state index is 12.5. The van der Waals surface area contributed by atoms with Crippen molar-refractivity contribution >= 4 is 34.9 Å². The molecular weight excluding hydrogens is 309 g/mol. The van der Waals surface area contributed by atoms with Crippen LogP contribution in [-0.2, 0) is 0 Å². The van der Waals surface area contributed by atoms with E-state index in [-0.39, 0.29) is 6.03 Å². The van der Waals surface area contributed by atoms with Crippen molar-refractivity contribution in [1.29, 1.82) is 0 Å². The van der Waals surface area contributed by atoms with E-state index in [0.717, 1.165) is 32.4 Å². The molecule has 1 aromatic rings. The molecule has 1 fully saturated rings. The summed E-state index contributed by atoms with van der Waals surface area (Å²) >= 11 is 11.9. The van der Waals surface area contributed by atoms with Gasteiger partial charge in [0, 0.05) is 28.3 Å². The van der Waals surface area contributed by atoms with Gasteiger partial charge in [-0.1, -0.05) is 23.2 Å². The average Bonchev–Trinajstić information content (AvgIpc) is 2.44. The maximum Gasteiger partial charge on any atom is 0.322 e. The molecule has 1 aromatic carbocycles. The molecule has 0 saturated carbocycles. The van der Waals surface area contributed by atoms with E-state index in [0.29, 0.717) is 21.8 Å². The van der Waals surface area contributed by atoms with Crippen LogP contribution < -0.4 is 10.6 Å². The summed E-state index contributed by atoms with van der Waals surface area (Å²) in [7, 11) is 1.93. The number of urea groups is 1. The zero-order chi connectivity index (χ0) is 15.2. The van der Waals surface area contributed by atoms with Crippen LogP contribution >= 0.6 is 23.2 Å². The molecule has 1 heterocycles. The normalized spacial score (nSPS) is 18.6. The summed E-state index contributed by atoms with van der Waals surface area (Å²) in [5, 5.41) is 7.08. The van der Waals surface area contributed by atoms with Crippen molar-refractivity contribution in [2.45, 2.75) is 31.7 Å². The number of anilines is 1. The average molecular weight is 330 g/mol. The van der Waals surface area contributed by atoms with Gasteiger partial charge in [0.25, 0.3) is 0 Å². The Morgan fingerprint density at radius 1 is 1.29 bits per heavy atom. The number of carbonyl (C=O) groups is 1. The quantitative estimate of drug-likeness (QED) is 0.877. The molecule has 116 valence electrons. The first-order valence-electron chi connectivity index (χ1n) is 7.28. The fraction of sp³-hybridized carbons (Fsp3) is 0.533. The van der Waals surface area contributed by atoms with E-state index >= 15 is 0 Å². The minimum absolute atomic E-state index is 0.0749. The number of halogens is 2. The summed E-state index contributed by atoms with van der Waals surface area (Å²) in [6.45, 7) is 1.71. The summed E-state index contributed by atoms with van der Waals surface area (Å²) < 4.78 is 0. The molecule has 6 heteroatoms. The highest BCUT2D eigenvalue weighted by atomic mass is 35.5. The SMILES string of the molecule is CNCCC1CCCCN1C(=O)Nc1cc(Cl)cc(Cl)c1. The molecule has 0 aliphatic carbocycles. The topological polar surface area (TPSA) is 44.4 Å². The number of piperidine rings is 1. The molecule has 1 aliphatic rings. The van der Waals surface area contributed by atoms with E-state index in [9.17, 15) is 4.79 Å². The number of nitrogens with one attached hydrogen (secondary N) is 2. The van der Waals surface area contributed by atoms with Crippen LogP contribution in [0.2, 0.25) is 10.0 Å². The number of benzene rings is 1. The summed E-state index contributed by atoms with van der Waals surface area (Å²) in [4.78, 5) is 14.4. The highest BCUT2D eigenvalue weighted by Crippen LogP contribution is 2.24. The molecule has 2 rings (SSSR count). The first-order chi connectivity index (χ1) is 10.1. The minimum atomic E-state index is -0.0749. The van der Waals surface area contributed by atoms with Crippen molar-refractivity contribution in [3.63, 3.8) is 0 Å². The number of nitrogens with zero attached hydrogens (tertiary/aromatic N) is 1. The number of carbonyl (C=O) groups excluding carboxylic acids is 1. The fourth-order valence-corrected chi connectivity index (χ4v) is 3.23. The number of amides is 2. The van der Waals surface area contributed by atoms with Crippen LogP contribution in [0.25, 0.3) is 0 Å². The highest BCUT2D eigenvalue weighted by molar-refractivity contribution is 6.35. The van der Waals surface area contributed by atoms with Crippen molar-refractivity contribution in [3.8, 4) is 0 Å². The van der Waals surface area contributed by atoms with Crippen LogP contribution in [0.3, 0.4) is 0 Å². The molecule has 21 heavy (non-hydrogen) atoms. The predicted molar refractivity (Wildman–Crippen MR) is 88.4 cm³/mol. The van der Waals surface area contributed by atoms with E-state index < -0.39 is 0 Å². The van der Waals surface area contributed by atoms with Gasteiger partial charge in [-0.25, -0.2) is 4.79 Å². The Kier molecular flexibility index (Phi) is 6.15. The lowest BCUT2D eigenvalue weighted by atomic mass is 10.00. The molecule has 2 amide bonds. The number of hydrogen-bond acceptors (Lipinski definition) is 2. The lowest BCUT2D eigenvalue weighted by molar-refractivity contribution is 0.158. The first kappa shape index (κ1) is 16.4. The molecule has 2 N–H and O–H groups in total. The second-order valence-corrected chi connectivity index (χ2v) is 6.20. The second kappa shape index (κ2) is 7.87. The molecule has 1 aliphatic heterocycles. The van der Waals surface area contributed by atoms with E-state index in [2.05, 4.69) is 10.6 Å². The van der Waals surface area contributed by atoms with Gasteiger partial charge in [-0.2, -0.15) is 0 Å². The molecule has 1 unspecified atom stereocenters. The third kappa shape index (κ3) is 4.77. The van der Waals surface area contributed by atoms with Gasteiger partial charge >= 0.3 is 6.03 Å². The Labute approximate surface area is 135 Å². The van der Waals surface area contributed by atoms with Crippen LogP contribution in [0.5, 0.6) is 0 Å². The van der Waals surface area contributed by atoms with Gasteiger partial charge in [-0.15, -0.1) is 0 Å². The number of hydrogen-bond donors (Lipinski definition) is 2. The zero-order valence-corrected chi connectivity index (χ0v) is 13.7. The second-order valence-electron chi connectivity index (χ2n) is 5.32. The van der Waals surface area contributed by atoms with Crippen molar-refractivity contribution in [2.75, 3.05) is 25.5 Å². The third-order valence-corrected chi connectivity index (χ3v) is 4.17. The van der Waals surface area contributed by atoms with Gasteiger partial charge in [0.2, 0.25) is 0 Å². The number of rotatable bonds is 4. The fourth-order valence-electron chi connectivity index (χ4n) is 2.70. The predicted octanol–water partition coefficient (Wildman–Crippen LogP) is 3.99. The summed E-state index contributed by atoms with van der Waals surface area (Å²) in [5.41, 5.74) is 0.635. The van der Waals surface area contributed by atoms with Crippen LogP contribution in [0, 0.1) is 0 Å². The lowest BCUT2D eigenvalue weighted by Crippen LogP contribution is -2.46. The van der Waals surface area contributed by atoms with E-state index in [4.69, 9.17) is 23.2 Å². The zero-order valence-electron chi connectivity index (χ0n) is 12.2. The molecule has 1 atom stereocenters. The third-order valence-electron chi connectivity index (χ3n) is 3.73. The highest BCUT2D eigenvalue weighted by Gasteiger charge is 2.26. The molecular formula is C15H21Cl2N3O. The van der Waals surface area contributed by atoms with Gasteiger partial charge in [0.1, 0.15) is 0 Å². The Balaban J connectivity index is 2.02. The van der Waals surface area contributed by atoms with Crippen molar-refractivity contribution < 1.29 is 4.79 Å². The van der Waals surface area contributed by atoms with Crippen molar-refractivity contribution in [3.05, 3.63) is 28.2 Å². The molecule has 0 bridgehead atoms. The van der Waals surface area contributed by atoms with Crippen LogP contribution in [0.4, 0.5) is 10.5 Å². The monoisotopic (exact) mass is 329 g/mol. The van der Waals surface area contributed by atoms with Gasteiger partial charge in [0.15, 0.2) is 0 Å². The first-order valence-corrected chi connectivity index (χ1v) is 8.04. The Hall–Kier alpha value is -0.970. The number of likely N-dealkylation sites (tertiary alicyclic amines) is 1. The maximum absolute atomic E-state index is 12.5. The van der Waals surface area contributed by atoms with Gasteiger partial charge < -0.3 is 15.5 Å². The Morgan fingerprint density at radius 2 is 2.00 bits per heavy atom. The van der Waals surface area contributed by atoms with Crippen molar-refractivity contribution in [1.82, 2.24) is 10.2 Å². The smallest absolute Gasteiger partial charge is 0.322 e. The van der Waals surface area contributed by atoms with E-state index in [1.165, 1.54) is 6.42 Å². The summed E-state index contributed by atoms with van der Waals surface area (Å²) in [5.74, 6) is 0. The van der Waals surface area contributed by atoms with Gasteiger partial charge in [0.05, 0.1) is 0 Å². The van der Waals surface area contributed by atoms with Gasteiger partial charge in [-0.05, 0) is 57.5 Å². The molecule has 0 radical (unpaired) electrons.